The lowest BCUT2D eigenvalue weighted by Crippen LogP contribution is -2.13. The Hall–Kier alpha value is -4.44. The van der Waals surface area contributed by atoms with Crippen molar-refractivity contribution in [1.29, 1.82) is 0 Å². The van der Waals surface area contributed by atoms with Crippen molar-refractivity contribution in [2.75, 3.05) is 0 Å². The van der Waals surface area contributed by atoms with Crippen molar-refractivity contribution in [3.63, 3.8) is 0 Å². The zero-order valence-electron chi connectivity index (χ0n) is 20.9. The monoisotopic (exact) mass is 476 g/mol. The van der Waals surface area contributed by atoms with Crippen LogP contribution in [0.25, 0.3) is 11.5 Å². The molecule has 4 aromatic rings. The molecule has 36 heavy (non-hydrogen) atoms. The van der Waals surface area contributed by atoms with Crippen molar-refractivity contribution >= 4 is 23.5 Å². The van der Waals surface area contributed by atoms with Gasteiger partial charge in [0.1, 0.15) is 0 Å². The molecule has 0 aromatic heterocycles. The number of rotatable bonds is 6. The third-order valence-electron chi connectivity index (χ3n) is 6.03. The maximum atomic E-state index is 13.3. The lowest BCUT2D eigenvalue weighted by atomic mass is 9.95. The minimum Gasteiger partial charge on any atom is -0.418 e. The molecule has 0 heterocycles. The molecule has 0 bridgehead atoms. The van der Waals surface area contributed by atoms with Gasteiger partial charge in [-0.05, 0) is 74.2 Å². The number of carbonyl (C=O) groups excluding carboxylic acids is 2. The van der Waals surface area contributed by atoms with Gasteiger partial charge in [-0.3, -0.25) is 0 Å². The first-order chi connectivity index (χ1) is 17.4. The Morgan fingerprint density at radius 2 is 0.750 bits per heavy atom. The van der Waals surface area contributed by atoms with E-state index in [1.807, 2.05) is 76.2 Å². The van der Waals surface area contributed by atoms with Gasteiger partial charge >= 0.3 is 11.9 Å². The van der Waals surface area contributed by atoms with Crippen LogP contribution in [-0.4, -0.2) is 11.9 Å². The third-order valence-corrected chi connectivity index (χ3v) is 6.03. The summed E-state index contributed by atoms with van der Waals surface area (Å²) in [7, 11) is 0. The average molecular weight is 477 g/mol. The number of benzene rings is 4. The van der Waals surface area contributed by atoms with E-state index < -0.39 is 11.9 Å². The number of carbonyl (C=O) groups is 2. The van der Waals surface area contributed by atoms with Gasteiger partial charge in [0, 0.05) is 11.1 Å². The number of aryl methyl sites for hydroxylation is 4. The van der Waals surface area contributed by atoms with Gasteiger partial charge in [0.05, 0.1) is 11.1 Å². The summed E-state index contributed by atoms with van der Waals surface area (Å²) in [5.41, 5.74) is 5.79. The van der Waals surface area contributed by atoms with Gasteiger partial charge in [-0.2, -0.15) is 0 Å². The maximum absolute atomic E-state index is 13.3. The van der Waals surface area contributed by atoms with Crippen LogP contribution in [0.4, 0.5) is 0 Å². The van der Waals surface area contributed by atoms with Crippen molar-refractivity contribution in [2.45, 2.75) is 27.7 Å². The molecular weight excluding hydrogens is 448 g/mol. The summed E-state index contributed by atoms with van der Waals surface area (Å²) in [5.74, 6) is -0.650. The van der Waals surface area contributed by atoms with Gasteiger partial charge in [0.15, 0.2) is 11.5 Å². The van der Waals surface area contributed by atoms with Crippen LogP contribution in [0, 0.1) is 27.7 Å². The first-order valence-corrected chi connectivity index (χ1v) is 11.8. The van der Waals surface area contributed by atoms with Crippen molar-refractivity contribution in [3.8, 4) is 0 Å². The maximum Gasteiger partial charge on any atom is 0.343 e. The Bertz CT molecular complexity index is 1280. The molecule has 0 radical (unpaired) electrons. The zero-order valence-corrected chi connectivity index (χ0v) is 20.9. The lowest BCUT2D eigenvalue weighted by molar-refractivity contribution is 0.0646. The van der Waals surface area contributed by atoms with Crippen LogP contribution >= 0.6 is 0 Å². The largest absolute Gasteiger partial charge is 0.418 e. The predicted molar refractivity (Wildman–Crippen MR) is 142 cm³/mol. The molecule has 0 aliphatic rings. The SMILES string of the molecule is Cc1cccc(C)c1/C(OC(=O)c1ccccc1)=C(\OC(=O)c1ccccc1)c1c(C)cccc1C. The van der Waals surface area contributed by atoms with E-state index in [9.17, 15) is 9.59 Å². The lowest BCUT2D eigenvalue weighted by Gasteiger charge is -2.21. The molecule has 0 N–H and O–H groups in total. The fraction of sp³-hybridized carbons (Fsp3) is 0.125. The fourth-order valence-electron chi connectivity index (χ4n) is 4.22. The molecule has 0 fully saturated rings. The molecule has 0 spiro atoms. The minimum absolute atomic E-state index is 0.209. The first kappa shape index (κ1) is 24.7. The second-order valence-corrected chi connectivity index (χ2v) is 8.70. The Morgan fingerprint density at radius 3 is 1.06 bits per heavy atom. The molecule has 180 valence electrons. The summed E-state index contributed by atoms with van der Waals surface area (Å²) < 4.78 is 12.2. The highest BCUT2D eigenvalue weighted by atomic mass is 16.6. The second-order valence-electron chi connectivity index (χ2n) is 8.70. The van der Waals surface area contributed by atoms with Gasteiger partial charge in [-0.1, -0.05) is 72.8 Å². The molecule has 0 atom stereocenters. The van der Waals surface area contributed by atoms with Crippen LogP contribution in [0.15, 0.2) is 97.1 Å². The van der Waals surface area contributed by atoms with E-state index in [2.05, 4.69) is 0 Å². The van der Waals surface area contributed by atoms with Gasteiger partial charge < -0.3 is 9.47 Å². The topological polar surface area (TPSA) is 52.6 Å². The standard InChI is InChI=1S/C32H28O4/c1-21-13-11-14-22(2)27(21)29(35-31(33)25-17-7-5-8-18-25)30(28-23(3)15-12-16-24(28)4)36-32(34)26-19-9-6-10-20-26/h5-20H,1-4H3/b30-29+. The molecule has 4 aromatic carbocycles. The van der Waals surface area contributed by atoms with E-state index in [1.165, 1.54) is 0 Å². The van der Waals surface area contributed by atoms with Gasteiger partial charge in [-0.15, -0.1) is 0 Å². The molecule has 4 heteroatoms. The predicted octanol–water partition coefficient (Wildman–Crippen LogP) is 7.46. The van der Waals surface area contributed by atoms with E-state index >= 15 is 0 Å². The summed E-state index contributed by atoms with van der Waals surface area (Å²) in [6.07, 6.45) is 0. The number of ether oxygens (including phenoxy) is 2. The van der Waals surface area contributed by atoms with E-state index in [0.29, 0.717) is 22.3 Å². The molecule has 0 saturated carbocycles. The average Bonchev–Trinajstić information content (AvgIpc) is 2.88. The number of hydrogen-bond acceptors (Lipinski definition) is 4. The summed E-state index contributed by atoms with van der Waals surface area (Å²) in [6.45, 7) is 7.78. The Kier molecular flexibility index (Phi) is 7.45. The number of esters is 2. The minimum atomic E-state index is -0.534. The van der Waals surface area contributed by atoms with Gasteiger partial charge in [0.2, 0.25) is 0 Å². The van der Waals surface area contributed by atoms with Crippen molar-refractivity contribution in [3.05, 3.63) is 142 Å². The summed E-state index contributed by atoms with van der Waals surface area (Å²) in [4.78, 5) is 26.6. The Labute approximate surface area is 211 Å². The summed E-state index contributed by atoms with van der Waals surface area (Å²) in [5, 5.41) is 0. The zero-order chi connectivity index (χ0) is 25.7. The molecule has 0 aliphatic heterocycles. The van der Waals surface area contributed by atoms with E-state index in [0.717, 1.165) is 22.3 Å². The Morgan fingerprint density at radius 1 is 0.444 bits per heavy atom. The number of hydrogen-bond donors (Lipinski definition) is 0. The second kappa shape index (κ2) is 10.9. The molecule has 0 saturated heterocycles. The molecular formula is C32H28O4. The molecule has 4 rings (SSSR count). The highest BCUT2D eigenvalue weighted by Crippen LogP contribution is 2.36. The highest BCUT2D eigenvalue weighted by molar-refractivity contribution is 6.01. The summed E-state index contributed by atoms with van der Waals surface area (Å²) in [6, 6.07) is 29.2. The van der Waals surface area contributed by atoms with Crippen LogP contribution in [-0.2, 0) is 9.47 Å². The van der Waals surface area contributed by atoms with Crippen molar-refractivity contribution < 1.29 is 19.1 Å². The smallest absolute Gasteiger partial charge is 0.343 e. The van der Waals surface area contributed by atoms with Crippen molar-refractivity contribution in [2.24, 2.45) is 0 Å². The van der Waals surface area contributed by atoms with Crippen LogP contribution in [0.5, 0.6) is 0 Å². The van der Waals surface area contributed by atoms with Crippen molar-refractivity contribution in [1.82, 2.24) is 0 Å². The van der Waals surface area contributed by atoms with E-state index in [1.54, 1.807) is 48.5 Å². The first-order valence-electron chi connectivity index (χ1n) is 11.8. The van der Waals surface area contributed by atoms with Crippen LogP contribution in [0.1, 0.15) is 54.1 Å². The normalized spacial score (nSPS) is 11.4. The van der Waals surface area contributed by atoms with Crippen LogP contribution in [0.3, 0.4) is 0 Å². The highest BCUT2D eigenvalue weighted by Gasteiger charge is 2.26. The van der Waals surface area contributed by atoms with Crippen LogP contribution < -0.4 is 0 Å². The van der Waals surface area contributed by atoms with Gasteiger partial charge in [0.25, 0.3) is 0 Å². The quantitative estimate of drug-likeness (QED) is 0.165. The van der Waals surface area contributed by atoms with Gasteiger partial charge in [-0.25, -0.2) is 9.59 Å². The van der Waals surface area contributed by atoms with Crippen LogP contribution in [0.2, 0.25) is 0 Å². The van der Waals surface area contributed by atoms with E-state index in [-0.39, 0.29) is 11.5 Å². The van der Waals surface area contributed by atoms with E-state index in [4.69, 9.17) is 9.47 Å². The molecule has 0 unspecified atom stereocenters. The molecule has 4 nitrogen and oxygen atoms in total. The Balaban J connectivity index is 1.99. The molecule has 0 amide bonds. The third kappa shape index (κ3) is 5.28. The molecule has 0 aliphatic carbocycles. The summed E-state index contributed by atoms with van der Waals surface area (Å²) >= 11 is 0. The fourth-order valence-corrected chi connectivity index (χ4v) is 4.22.